The Morgan fingerprint density at radius 3 is 2.68 bits per heavy atom. The van der Waals surface area contributed by atoms with Gasteiger partial charge in [-0.25, -0.2) is 8.78 Å². The molecule has 1 N–H and O–H groups in total. The summed E-state index contributed by atoms with van der Waals surface area (Å²) in [6.45, 7) is 4.14. The van der Waals surface area contributed by atoms with Crippen LogP contribution in [0.4, 0.5) is 8.78 Å². The maximum Gasteiger partial charge on any atom is 0.309 e. The standard InChI is InChI=1S/C18H25F2N3O2/c1-3-25-17(24)14-7-10-23(11-8-14)18(21-2)22-9-6-13-4-5-15(19)12-16(13)20/h4-5,12,14H,3,6-11H2,1-2H3,(H,21,22). The van der Waals surface area contributed by atoms with Crippen molar-refractivity contribution in [2.75, 3.05) is 33.3 Å². The third-order valence-electron chi connectivity index (χ3n) is 4.32. The average molecular weight is 353 g/mol. The van der Waals surface area contributed by atoms with Crippen LogP contribution in [0.1, 0.15) is 25.3 Å². The SMILES string of the molecule is CCOC(=O)C1CCN(C(=NC)NCCc2ccc(F)cc2F)CC1. The largest absolute Gasteiger partial charge is 0.466 e. The number of rotatable bonds is 5. The number of aliphatic imine (C=N–C) groups is 1. The van der Waals surface area contributed by atoms with E-state index in [1.54, 1.807) is 7.05 Å². The van der Waals surface area contributed by atoms with Gasteiger partial charge in [0.15, 0.2) is 5.96 Å². The van der Waals surface area contributed by atoms with Gasteiger partial charge >= 0.3 is 5.97 Å². The van der Waals surface area contributed by atoms with Gasteiger partial charge in [-0.3, -0.25) is 9.79 Å². The second-order valence-electron chi connectivity index (χ2n) is 5.97. The van der Waals surface area contributed by atoms with Crippen molar-refractivity contribution in [3.05, 3.63) is 35.4 Å². The van der Waals surface area contributed by atoms with Gasteiger partial charge in [0.05, 0.1) is 12.5 Å². The average Bonchev–Trinajstić information content (AvgIpc) is 2.61. The number of nitrogens with zero attached hydrogens (tertiary/aromatic N) is 2. The molecule has 1 saturated heterocycles. The number of nitrogens with one attached hydrogen (secondary N) is 1. The number of halogens is 2. The predicted molar refractivity (Wildman–Crippen MR) is 92.4 cm³/mol. The van der Waals surface area contributed by atoms with Gasteiger partial charge in [0.1, 0.15) is 11.6 Å². The highest BCUT2D eigenvalue weighted by Crippen LogP contribution is 2.18. The molecule has 1 aromatic carbocycles. The lowest BCUT2D eigenvalue weighted by atomic mass is 9.97. The minimum absolute atomic E-state index is 0.0531. The lowest BCUT2D eigenvalue weighted by molar-refractivity contribution is -0.149. The summed E-state index contributed by atoms with van der Waals surface area (Å²) in [7, 11) is 1.69. The first kappa shape index (κ1) is 19.1. The van der Waals surface area contributed by atoms with Crippen molar-refractivity contribution >= 4 is 11.9 Å². The normalized spacial score (nSPS) is 16.0. The summed E-state index contributed by atoms with van der Waals surface area (Å²) in [4.78, 5) is 18.1. The van der Waals surface area contributed by atoms with Crippen LogP contribution in [0.3, 0.4) is 0 Å². The zero-order valence-corrected chi connectivity index (χ0v) is 14.7. The van der Waals surface area contributed by atoms with E-state index in [2.05, 4.69) is 15.2 Å². The van der Waals surface area contributed by atoms with Crippen LogP contribution in [0.5, 0.6) is 0 Å². The molecule has 0 amide bonds. The van der Waals surface area contributed by atoms with E-state index in [0.29, 0.717) is 38.2 Å². The monoisotopic (exact) mass is 353 g/mol. The predicted octanol–water partition coefficient (Wildman–Crippen LogP) is 2.36. The molecule has 1 aromatic rings. The number of hydrogen-bond donors (Lipinski definition) is 1. The number of guanidine groups is 1. The molecule has 1 aliphatic heterocycles. The van der Waals surface area contributed by atoms with Crippen molar-refractivity contribution in [1.29, 1.82) is 0 Å². The number of likely N-dealkylation sites (tertiary alicyclic amines) is 1. The number of carbonyl (C=O) groups excluding carboxylic acids is 1. The van der Waals surface area contributed by atoms with Gasteiger partial charge in [-0.15, -0.1) is 0 Å². The molecule has 0 aromatic heterocycles. The molecule has 0 bridgehead atoms. The molecule has 5 nitrogen and oxygen atoms in total. The molecule has 0 unspecified atom stereocenters. The first-order valence-electron chi connectivity index (χ1n) is 8.61. The number of ether oxygens (including phenoxy) is 1. The van der Waals surface area contributed by atoms with Crippen LogP contribution in [-0.2, 0) is 16.0 Å². The lowest BCUT2D eigenvalue weighted by Crippen LogP contribution is -2.47. The number of hydrogen-bond acceptors (Lipinski definition) is 3. The Bertz CT molecular complexity index is 614. The van der Waals surface area contributed by atoms with Crippen molar-refractivity contribution in [2.45, 2.75) is 26.2 Å². The molecule has 0 radical (unpaired) electrons. The van der Waals surface area contributed by atoms with Crippen LogP contribution < -0.4 is 5.32 Å². The van der Waals surface area contributed by atoms with Crippen molar-refractivity contribution in [3.8, 4) is 0 Å². The van der Waals surface area contributed by atoms with Gasteiger partial charge in [-0.1, -0.05) is 6.07 Å². The summed E-state index contributed by atoms with van der Waals surface area (Å²) in [6, 6.07) is 3.61. The van der Waals surface area contributed by atoms with Crippen molar-refractivity contribution in [3.63, 3.8) is 0 Å². The van der Waals surface area contributed by atoms with Crippen LogP contribution in [0.25, 0.3) is 0 Å². The van der Waals surface area contributed by atoms with Crippen molar-refractivity contribution < 1.29 is 18.3 Å². The summed E-state index contributed by atoms with van der Waals surface area (Å²) in [6.07, 6.45) is 1.89. The molecule has 0 saturated carbocycles. The second kappa shape index (κ2) is 9.34. The van der Waals surface area contributed by atoms with E-state index in [-0.39, 0.29) is 11.9 Å². The molecule has 25 heavy (non-hydrogen) atoms. The molecular formula is C18H25F2N3O2. The molecule has 1 fully saturated rings. The second-order valence-corrected chi connectivity index (χ2v) is 5.97. The number of esters is 1. The summed E-state index contributed by atoms with van der Waals surface area (Å²) in [5, 5.41) is 3.20. The molecule has 0 spiro atoms. The van der Waals surface area contributed by atoms with E-state index < -0.39 is 11.6 Å². The third kappa shape index (κ3) is 5.41. The quantitative estimate of drug-likeness (QED) is 0.502. The topological polar surface area (TPSA) is 53.9 Å². The highest BCUT2D eigenvalue weighted by atomic mass is 19.1. The van der Waals surface area contributed by atoms with Crippen LogP contribution in [0.2, 0.25) is 0 Å². The Labute approximate surface area is 147 Å². The van der Waals surface area contributed by atoms with Gasteiger partial charge < -0.3 is 15.0 Å². The zero-order valence-electron chi connectivity index (χ0n) is 14.7. The Morgan fingerprint density at radius 1 is 1.36 bits per heavy atom. The van der Waals surface area contributed by atoms with E-state index in [1.807, 2.05) is 6.92 Å². The van der Waals surface area contributed by atoms with Gasteiger partial charge in [0.2, 0.25) is 0 Å². The summed E-state index contributed by atoms with van der Waals surface area (Å²) in [5.74, 6) is -0.564. The Hall–Kier alpha value is -2.18. The summed E-state index contributed by atoms with van der Waals surface area (Å²) < 4.78 is 31.6. The fraction of sp³-hybridized carbons (Fsp3) is 0.556. The smallest absolute Gasteiger partial charge is 0.309 e. The molecule has 0 aliphatic carbocycles. The van der Waals surface area contributed by atoms with E-state index >= 15 is 0 Å². The van der Waals surface area contributed by atoms with E-state index in [4.69, 9.17) is 4.74 Å². The minimum atomic E-state index is -0.575. The first-order chi connectivity index (χ1) is 12.0. The highest BCUT2D eigenvalue weighted by Gasteiger charge is 2.27. The Kier molecular flexibility index (Phi) is 7.16. The van der Waals surface area contributed by atoms with E-state index in [9.17, 15) is 13.6 Å². The van der Waals surface area contributed by atoms with Gasteiger partial charge in [0.25, 0.3) is 0 Å². The van der Waals surface area contributed by atoms with Crippen LogP contribution in [0, 0.1) is 17.6 Å². The summed E-state index contributed by atoms with van der Waals surface area (Å²) in [5.41, 5.74) is 0.463. The molecule has 1 aliphatic rings. The Balaban J connectivity index is 1.80. The molecule has 7 heteroatoms. The van der Waals surface area contributed by atoms with Gasteiger partial charge in [-0.05, 0) is 37.8 Å². The highest BCUT2D eigenvalue weighted by molar-refractivity contribution is 5.80. The maximum absolute atomic E-state index is 13.6. The fourth-order valence-corrected chi connectivity index (χ4v) is 2.95. The van der Waals surface area contributed by atoms with E-state index in [1.165, 1.54) is 12.1 Å². The lowest BCUT2D eigenvalue weighted by Gasteiger charge is -2.33. The number of benzene rings is 1. The number of piperidine rings is 1. The van der Waals surface area contributed by atoms with Crippen LogP contribution in [0.15, 0.2) is 23.2 Å². The van der Waals surface area contributed by atoms with Gasteiger partial charge in [-0.2, -0.15) is 0 Å². The van der Waals surface area contributed by atoms with Gasteiger partial charge in [0, 0.05) is 32.7 Å². The number of carbonyl (C=O) groups is 1. The molecular weight excluding hydrogens is 328 g/mol. The first-order valence-corrected chi connectivity index (χ1v) is 8.61. The van der Waals surface area contributed by atoms with Crippen molar-refractivity contribution in [2.24, 2.45) is 10.9 Å². The zero-order chi connectivity index (χ0) is 18.2. The maximum atomic E-state index is 13.6. The fourth-order valence-electron chi connectivity index (χ4n) is 2.95. The molecule has 2 rings (SSSR count). The Morgan fingerprint density at radius 2 is 2.08 bits per heavy atom. The molecule has 0 atom stereocenters. The molecule has 138 valence electrons. The van der Waals surface area contributed by atoms with Crippen molar-refractivity contribution in [1.82, 2.24) is 10.2 Å². The van der Waals surface area contributed by atoms with E-state index in [0.717, 1.165) is 24.9 Å². The van der Waals surface area contributed by atoms with Crippen LogP contribution >= 0.6 is 0 Å². The third-order valence-corrected chi connectivity index (χ3v) is 4.32. The minimum Gasteiger partial charge on any atom is -0.466 e. The summed E-state index contributed by atoms with van der Waals surface area (Å²) >= 11 is 0. The van der Waals surface area contributed by atoms with Crippen LogP contribution in [-0.4, -0.2) is 50.1 Å². The molecule has 1 heterocycles.